The molecule has 0 heterocycles. The van der Waals surface area contributed by atoms with Crippen molar-refractivity contribution in [3.05, 3.63) is 29.3 Å². The van der Waals surface area contributed by atoms with Gasteiger partial charge in [-0.15, -0.1) is 0 Å². The summed E-state index contributed by atoms with van der Waals surface area (Å²) in [7, 11) is 1.65. The second-order valence-corrected chi connectivity index (χ2v) is 3.86. The zero-order chi connectivity index (χ0) is 10.7. The predicted molar refractivity (Wildman–Crippen MR) is 57.5 cm³/mol. The van der Waals surface area contributed by atoms with Gasteiger partial charge in [-0.2, -0.15) is 0 Å². The minimum absolute atomic E-state index is 0.223. The maximum absolute atomic E-state index is 9.94. The lowest BCUT2D eigenvalue weighted by molar-refractivity contribution is 0.126. The maximum atomic E-state index is 9.94. The van der Waals surface area contributed by atoms with Gasteiger partial charge in [0.2, 0.25) is 0 Å². The molecule has 2 nitrogen and oxygen atoms in total. The molecule has 0 aliphatic heterocycles. The number of ether oxygens (including phenoxy) is 1. The topological polar surface area (TPSA) is 29.5 Å². The minimum Gasteiger partial charge on any atom is -0.496 e. The number of aliphatic hydroxyl groups excluding tert-OH is 1. The molecule has 0 aliphatic carbocycles. The Balaban J connectivity index is 3.09. The van der Waals surface area contributed by atoms with E-state index in [0.717, 1.165) is 16.9 Å². The normalized spacial score (nSPS) is 13.0. The summed E-state index contributed by atoms with van der Waals surface area (Å²) in [6.45, 7) is 5.98. The summed E-state index contributed by atoms with van der Waals surface area (Å²) in [5.41, 5.74) is 1.98. The molecule has 0 aromatic heterocycles. The lowest BCUT2D eigenvalue weighted by atomic mass is 9.95. The number of hydrogen-bond acceptors (Lipinski definition) is 2. The van der Waals surface area contributed by atoms with Gasteiger partial charge < -0.3 is 9.84 Å². The van der Waals surface area contributed by atoms with Crippen LogP contribution in [0.4, 0.5) is 0 Å². The Kier molecular flexibility index (Phi) is 3.53. The van der Waals surface area contributed by atoms with Crippen LogP contribution in [0.15, 0.2) is 18.2 Å². The maximum Gasteiger partial charge on any atom is 0.122 e. The lowest BCUT2D eigenvalue weighted by Crippen LogP contribution is -2.07. The quantitative estimate of drug-likeness (QED) is 0.801. The minimum atomic E-state index is -0.412. The SMILES string of the molecule is COc1cccc(C(O)C(C)C)c1C. The summed E-state index contributed by atoms with van der Waals surface area (Å²) in [5.74, 6) is 1.06. The van der Waals surface area contributed by atoms with Gasteiger partial charge in [0.15, 0.2) is 0 Å². The second-order valence-electron chi connectivity index (χ2n) is 3.86. The smallest absolute Gasteiger partial charge is 0.122 e. The van der Waals surface area contributed by atoms with Crippen LogP contribution in [0.5, 0.6) is 5.75 Å². The van der Waals surface area contributed by atoms with Crippen LogP contribution in [0, 0.1) is 12.8 Å². The van der Waals surface area contributed by atoms with Crippen LogP contribution in [0.25, 0.3) is 0 Å². The Morgan fingerprint density at radius 3 is 2.43 bits per heavy atom. The highest BCUT2D eigenvalue weighted by atomic mass is 16.5. The van der Waals surface area contributed by atoms with Crippen LogP contribution in [-0.2, 0) is 0 Å². The van der Waals surface area contributed by atoms with Crippen molar-refractivity contribution < 1.29 is 9.84 Å². The van der Waals surface area contributed by atoms with Gasteiger partial charge in [0.1, 0.15) is 5.75 Å². The van der Waals surface area contributed by atoms with Gasteiger partial charge >= 0.3 is 0 Å². The first-order valence-electron chi connectivity index (χ1n) is 4.89. The Labute approximate surface area is 85.5 Å². The van der Waals surface area contributed by atoms with E-state index in [1.807, 2.05) is 39.0 Å². The summed E-state index contributed by atoms with van der Waals surface area (Å²) >= 11 is 0. The van der Waals surface area contributed by atoms with Crippen molar-refractivity contribution >= 4 is 0 Å². The largest absolute Gasteiger partial charge is 0.496 e. The van der Waals surface area contributed by atoms with Crippen molar-refractivity contribution in [2.45, 2.75) is 26.9 Å². The highest BCUT2D eigenvalue weighted by Gasteiger charge is 2.15. The van der Waals surface area contributed by atoms with E-state index in [-0.39, 0.29) is 5.92 Å². The molecule has 0 amide bonds. The molecule has 0 fully saturated rings. The molecule has 0 bridgehead atoms. The van der Waals surface area contributed by atoms with Crippen LogP contribution in [0.2, 0.25) is 0 Å². The molecule has 0 saturated carbocycles. The van der Waals surface area contributed by atoms with Gasteiger partial charge in [0, 0.05) is 0 Å². The first kappa shape index (κ1) is 11.1. The van der Waals surface area contributed by atoms with E-state index >= 15 is 0 Å². The van der Waals surface area contributed by atoms with Crippen molar-refractivity contribution in [1.82, 2.24) is 0 Å². The molecule has 1 aromatic rings. The molecule has 0 spiro atoms. The van der Waals surface area contributed by atoms with E-state index in [1.165, 1.54) is 0 Å². The molecule has 2 heteroatoms. The van der Waals surface area contributed by atoms with Crippen molar-refractivity contribution in [3.8, 4) is 5.75 Å². The Bertz CT molecular complexity index is 305. The standard InChI is InChI=1S/C12H18O2/c1-8(2)12(13)10-6-5-7-11(14-4)9(10)3/h5-8,12-13H,1-4H3. The van der Waals surface area contributed by atoms with E-state index in [4.69, 9.17) is 4.74 Å². The highest BCUT2D eigenvalue weighted by molar-refractivity contribution is 5.40. The first-order chi connectivity index (χ1) is 6.57. The molecule has 0 aliphatic rings. The molecule has 1 rings (SSSR count). The fraction of sp³-hybridized carbons (Fsp3) is 0.500. The number of benzene rings is 1. The number of methoxy groups -OCH3 is 1. The Morgan fingerprint density at radius 2 is 1.93 bits per heavy atom. The fourth-order valence-electron chi connectivity index (χ4n) is 1.53. The van der Waals surface area contributed by atoms with Crippen molar-refractivity contribution in [2.24, 2.45) is 5.92 Å². The zero-order valence-electron chi connectivity index (χ0n) is 9.24. The summed E-state index contributed by atoms with van der Waals surface area (Å²) in [4.78, 5) is 0. The molecule has 0 saturated heterocycles. The van der Waals surface area contributed by atoms with Gasteiger partial charge in [-0.25, -0.2) is 0 Å². The first-order valence-corrected chi connectivity index (χ1v) is 4.89. The van der Waals surface area contributed by atoms with E-state index in [1.54, 1.807) is 7.11 Å². The van der Waals surface area contributed by atoms with Crippen LogP contribution in [0.1, 0.15) is 31.1 Å². The van der Waals surface area contributed by atoms with Crippen molar-refractivity contribution in [1.29, 1.82) is 0 Å². The fourth-order valence-corrected chi connectivity index (χ4v) is 1.53. The molecule has 0 radical (unpaired) electrons. The van der Waals surface area contributed by atoms with Crippen LogP contribution in [-0.4, -0.2) is 12.2 Å². The summed E-state index contributed by atoms with van der Waals surface area (Å²) in [6.07, 6.45) is -0.412. The average Bonchev–Trinajstić information content (AvgIpc) is 2.17. The van der Waals surface area contributed by atoms with Gasteiger partial charge in [0.05, 0.1) is 13.2 Å². The molecular formula is C12H18O2. The second kappa shape index (κ2) is 4.47. The predicted octanol–water partition coefficient (Wildman–Crippen LogP) is 2.69. The number of rotatable bonds is 3. The third kappa shape index (κ3) is 2.07. The molecular weight excluding hydrogens is 176 g/mol. The molecule has 1 aromatic carbocycles. The summed E-state index contributed by atoms with van der Waals surface area (Å²) < 4.78 is 5.20. The molecule has 1 N–H and O–H groups in total. The number of aliphatic hydroxyl groups is 1. The Hall–Kier alpha value is -1.02. The molecule has 78 valence electrons. The van der Waals surface area contributed by atoms with Gasteiger partial charge in [0.25, 0.3) is 0 Å². The third-order valence-corrected chi connectivity index (χ3v) is 2.50. The van der Waals surface area contributed by atoms with Crippen molar-refractivity contribution in [2.75, 3.05) is 7.11 Å². The summed E-state index contributed by atoms with van der Waals surface area (Å²) in [6, 6.07) is 5.77. The van der Waals surface area contributed by atoms with E-state index in [0.29, 0.717) is 0 Å². The van der Waals surface area contributed by atoms with E-state index < -0.39 is 6.10 Å². The van der Waals surface area contributed by atoms with Crippen LogP contribution < -0.4 is 4.74 Å². The molecule has 1 unspecified atom stereocenters. The number of hydrogen-bond donors (Lipinski definition) is 1. The van der Waals surface area contributed by atoms with Gasteiger partial charge in [-0.3, -0.25) is 0 Å². The van der Waals surface area contributed by atoms with Crippen LogP contribution in [0.3, 0.4) is 0 Å². The molecule has 1 atom stereocenters. The zero-order valence-corrected chi connectivity index (χ0v) is 9.24. The van der Waals surface area contributed by atoms with Gasteiger partial charge in [-0.1, -0.05) is 26.0 Å². The third-order valence-electron chi connectivity index (χ3n) is 2.50. The summed E-state index contributed by atoms with van der Waals surface area (Å²) in [5, 5.41) is 9.94. The van der Waals surface area contributed by atoms with E-state index in [2.05, 4.69) is 0 Å². The van der Waals surface area contributed by atoms with Gasteiger partial charge in [-0.05, 0) is 30.0 Å². The molecule has 14 heavy (non-hydrogen) atoms. The Morgan fingerprint density at radius 1 is 1.29 bits per heavy atom. The van der Waals surface area contributed by atoms with Crippen LogP contribution >= 0.6 is 0 Å². The van der Waals surface area contributed by atoms with E-state index in [9.17, 15) is 5.11 Å². The average molecular weight is 194 g/mol. The monoisotopic (exact) mass is 194 g/mol. The highest BCUT2D eigenvalue weighted by Crippen LogP contribution is 2.29. The van der Waals surface area contributed by atoms with Crippen molar-refractivity contribution in [3.63, 3.8) is 0 Å². The lowest BCUT2D eigenvalue weighted by Gasteiger charge is -2.18.